The number of aromatic nitrogens is 1. The summed E-state index contributed by atoms with van der Waals surface area (Å²) in [7, 11) is 0. The molecule has 1 rings (SSSR count). The summed E-state index contributed by atoms with van der Waals surface area (Å²) in [5.74, 6) is -0.948. The molecular formula is C12H20N4O2S. The van der Waals surface area contributed by atoms with Gasteiger partial charge in [0.1, 0.15) is 11.7 Å². The summed E-state index contributed by atoms with van der Waals surface area (Å²) in [5, 5.41) is 5.09. The van der Waals surface area contributed by atoms with Gasteiger partial charge in [0.25, 0.3) is 5.91 Å². The Kier molecular flexibility index (Phi) is 5.02. The van der Waals surface area contributed by atoms with E-state index in [4.69, 9.17) is 11.5 Å². The SMILES string of the molecule is CC(C)(C)C(NC(=O)c1csc(CCN)n1)C(N)=O. The molecule has 19 heavy (non-hydrogen) atoms. The summed E-state index contributed by atoms with van der Waals surface area (Å²) >= 11 is 1.38. The molecule has 0 radical (unpaired) electrons. The number of carbonyl (C=O) groups excluding carboxylic acids is 2. The van der Waals surface area contributed by atoms with Crippen molar-refractivity contribution >= 4 is 23.2 Å². The summed E-state index contributed by atoms with van der Waals surface area (Å²) in [6.45, 7) is 6.00. The molecule has 0 aliphatic rings. The second-order valence-electron chi connectivity index (χ2n) is 5.34. The summed E-state index contributed by atoms with van der Waals surface area (Å²) in [5.41, 5.74) is 10.6. The van der Waals surface area contributed by atoms with Crippen molar-refractivity contribution in [3.05, 3.63) is 16.1 Å². The van der Waals surface area contributed by atoms with Gasteiger partial charge in [-0.2, -0.15) is 0 Å². The highest BCUT2D eigenvalue weighted by molar-refractivity contribution is 7.09. The summed E-state index contributed by atoms with van der Waals surface area (Å²) in [6.07, 6.45) is 0.635. The molecule has 0 aliphatic carbocycles. The molecule has 1 aromatic heterocycles. The van der Waals surface area contributed by atoms with E-state index in [1.165, 1.54) is 11.3 Å². The molecular weight excluding hydrogens is 264 g/mol. The number of nitrogens with zero attached hydrogens (tertiary/aromatic N) is 1. The fourth-order valence-electron chi connectivity index (χ4n) is 1.57. The molecule has 2 amide bonds. The molecule has 6 nitrogen and oxygen atoms in total. The second kappa shape index (κ2) is 6.12. The molecule has 1 atom stereocenters. The maximum Gasteiger partial charge on any atom is 0.271 e. The van der Waals surface area contributed by atoms with Gasteiger partial charge < -0.3 is 16.8 Å². The highest BCUT2D eigenvalue weighted by Crippen LogP contribution is 2.19. The molecule has 1 aromatic rings. The lowest BCUT2D eigenvalue weighted by molar-refractivity contribution is -0.122. The van der Waals surface area contributed by atoms with Gasteiger partial charge in [-0.3, -0.25) is 9.59 Å². The quantitative estimate of drug-likeness (QED) is 0.720. The molecule has 1 unspecified atom stereocenters. The molecule has 7 heteroatoms. The minimum absolute atomic E-state index is 0.295. The number of nitrogens with one attached hydrogen (secondary N) is 1. The van der Waals surface area contributed by atoms with E-state index in [0.29, 0.717) is 18.7 Å². The minimum atomic E-state index is -0.736. The van der Waals surface area contributed by atoms with Crippen molar-refractivity contribution in [3.63, 3.8) is 0 Å². The lowest BCUT2D eigenvalue weighted by atomic mass is 9.86. The Hall–Kier alpha value is -1.47. The summed E-state index contributed by atoms with van der Waals surface area (Å²) in [4.78, 5) is 27.6. The van der Waals surface area contributed by atoms with Crippen LogP contribution >= 0.6 is 11.3 Å². The zero-order valence-electron chi connectivity index (χ0n) is 11.4. The van der Waals surface area contributed by atoms with Crippen LogP contribution < -0.4 is 16.8 Å². The Bertz CT molecular complexity index is 465. The number of hydrogen-bond donors (Lipinski definition) is 3. The van der Waals surface area contributed by atoms with Crippen LogP contribution in [0.3, 0.4) is 0 Å². The molecule has 106 valence electrons. The van der Waals surface area contributed by atoms with Crippen LogP contribution in [0.4, 0.5) is 0 Å². The van der Waals surface area contributed by atoms with Gasteiger partial charge in [0.15, 0.2) is 0 Å². The van der Waals surface area contributed by atoms with Gasteiger partial charge >= 0.3 is 0 Å². The molecule has 0 fully saturated rings. The van der Waals surface area contributed by atoms with Gasteiger partial charge in [-0.1, -0.05) is 20.8 Å². The number of primary amides is 1. The Morgan fingerprint density at radius 1 is 1.47 bits per heavy atom. The highest BCUT2D eigenvalue weighted by Gasteiger charge is 2.31. The van der Waals surface area contributed by atoms with Crippen molar-refractivity contribution < 1.29 is 9.59 Å². The number of amides is 2. The van der Waals surface area contributed by atoms with Gasteiger partial charge in [-0.05, 0) is 12.0 Å². The number of hydrogen-bond acceptors (Lipinski definition) is 5. The third-order valence-corrected chi connectivity index (χ3v) is 3.48. The van der Waals surface area contributed by atoms with Crippen LogP contribution in [-0.4, -0.2) is 29.4 Å². The third-order valence-electron chi connectivity index (χ3n) is 2.57. The third kappa shape index (κ3) is 4.29. The average molecular weight is 284 g/mol. The van der Waals surface area contributed by atoms with E-state index in [0.717, 1.165) is 5.01 Å². The van der Waals surface area contributed by atoms with Crippen LogP contribution in [0.2, 0.25) is 0 Å². The first kappa shape index (κ1) is 15.6. The Morgan fingerprint density at radius 2 is 2.11 bits per heavy atom. The lowest BCUT2D eigenvalue weighted by Crippen LogP contribution is -2.52. The monoisotopic (exact) mass is 284 g/mol. The number of thiazole rings is 1. The van der Waals surface area contributed by atoms with Gasteiger partial charge in [0.05, 0.1) is 5.01 Å². The Morgan fingerprint density at radius 3 is 2.58 bits per heavy atom. The van der Waals surface area contributed by atoms with Crippen molar-refractivity contribution in [2.24, 2.45) is 16.9 Å². The van der Waals surface area contributed by atoms with Crippen LogP contribution in [0.15, 0.2) is 5.38 Å². The molecule has 0 bridgehead atoms. The molecule has 0 aromatic carbocycles. The van der Waals surface area contributed by atoms with E-state index in [-0.39, 0.29) is 0 Å². The standard InChI is InChI=1S/C12H20N4O2S/c1-12(2,3)9(10(14)17)16-11(18)7-6-19-8(15-7)4-5-13/h6,9H,4-5,13H2,1-3H3,(H2,14,17)(H,16,18). The minimum Gasteiger partial charge on any atom is -0.368 e. The summed E-state index contributed by atoms with van der Waals surface area (Å²) < 4.78 is 0. The predicted octanol–water partition coefficient (Wildman–Crippen LogP) is 0.274. The zero-order valence-corrected chi connectivity index (χ0v) is 12.2. The number of nitrogens with two attached hydrogens (primary N) is 2. The van der Waals surface area contributed by atoms with Gasteiger partial charge in [0, 0.05) is 11.8 Å². The van der Waals surface area contributed by atoms with Crippen LogP contribution in [-0.2, 0) is 11.2 Å². The second-order valence-corrected chi connectivity index (χ2v) is 6.28. The fourth-order valence-corrected chi connectivity index (χ4v) is 2.37. The largest absolute Gasteiger partial charge is 0.368 e. The van der Waals surface area contributed by atoms with Gasteiger partial charge in [0.2, 0.25) is 5.91 Å². The van der Waals surface area contributed by atoms with E-state index in [2.05, 4.69) is 10.3 Å². The van der Waals surface area contributed by atoms with Crippen molar-refractivity contribution in [1.29, 1.82) is 0 Å². The smallest absolute Gasteiger partial charge is 0.271 e. The summed E-state index contributed by atoms with van der Waals surface area (Å²) in [6, 6.07) is -0.736. The highest BCUT2D eigenvalue weighted by atomic mass is 32.1. The normalized spacial score (nSPS) is 13.1. The zero-order chi connectivity index (χ0) is 14.6. The van der Waals surface area contributed by atoms with Gasteiger partial charge in [-0.15, -0.1) is 11.3 Å². The average Bonchev–Trinajstić information content (AvgIpc) is 2.72. The Balaban J connectivity index is 2.79. The maximum absolute atomic E-state index is 12.0. The molecule has 0 aliphatic heterocycles. The van der Waals surface area contributed by atoms with E-state index >= 15 is 0 Å². The first-order valence-electron chi connectivity index (χ1n) is 6.00. The van der Waals surface area contributed by atoms with Crippen molar-refractivity contribution in [1.82, 2.24) is 10.3 Å². The van der Waals surface area contributed by atoms with E-state index in [1.54, 1.807) is 5.38 Å². The molecule has 5 N–H and O–H groups in total. The van der Waals surface area contributed by atoms with Crippen molar-refractivity contribution in [2.45, 2.75) is 33.2 Å². The predicted molar refractivity (Wildman–Crippen MR) is 74.8 cm³/mol. The van der Waals surface area contributed by atoms with Gasteiger partial charge in [-0.25, -0.2) is 4.98 Å². The first-order valence-corrected chi connectivity index (χ1v) is 6.88. The first-order chi connectivity index (χ1) is 8.75. The van der Waals surface area contributed by atoms with E-state index in [1.807, 2.05) is 20.8 Å². The van der Waals surface area contributed by atoms with Crippen molar-refractivity contribution in [2.75, 3.05) is 6.54 Å². The van der Waals surface area contributed by atoms with E-state index < -0.39 is 23.3 Å². The molecule has 0 saturated heterocycles. The lowest BCUT2D eigenvalue weighted by Gasteiger charge is -2.28. The number of rotatable bonds is 5. The van der Waals surface area contributed by atoms with Crippen LogP contribution in [0.5, 0.6) is 0 Å². The van der Waals surface area contributed by atoms with Crippen LogP contribution in [0.1, 0.15) is 36.3 Å². The van der Waals surface area contributed by atoms with E-state index in [9.17, 15) is 9.59 Å². The van der Waals surface area contributed by atoms with Crippen LogP contribution in [0.25, 0.3) is 0 Å². The molecule has 1 heterocycles. The van der Waals surface area contributed by atoms with Crippen LogP contribution in [0, 0.1) is 5.41 Å². The molecule has 0 saturated carbocycles. The Labute approximate surface area is 116 Å². The molecule has 0 spiro atoms. The number of carbonyl (C=O) groups is 2. The topological polar surface area (TPSA) is 111 Å². The maximum atomic E-state index is 12.0. The van der Waals surface area contributed by atoms with Crippen molar-refractivity contribution in [3.8, 4) is 0 Å². The fraction of sp³-hybridized carbons (Fsp3) is 0.583.